The maximum Gasteiger partial charge on any atom is 0.277 e. The number of hydrazine groups is 1. The van der Waals surface area contributed by atoms with Gasteiger partial charge in [0.2, 0.25) is 0 Å². The second kappa shape index (κ2) is 8.04. The average molecular weight is 404 g/mol. The summed E-state index contributed by atoms with van der Waals surface area (Å²) in [5, 5.41) is 18.8. The van der Waals surface area contributed by atoms with Gasteiger partial charge in [-0.3, -0.25) is 4.79 Å². The van der Waals surface area contributed by atoms with Gasteiger partial charge < -0.3 is 20.0 Å². The number of carbonyl (C=O) groups excluding carboxylic acids is 1. The fraction of sp³-hybridized carbons (Fsp3) is 0.217. The van der Waals surface area contributed by atoms with Crippen molar-refractivity contribution in [3.8, 4) is 17.1 Å². The first-order valence-corrected chi connectivity index (χ1v) is 9.79. The van der Waals surface area contributed by atoms with Crippen molar-refractivity contribution < 1.29 is 14.4 Å². The number of hydrogen-bond acceptors (Lipinski definition) is 6. The molecule has 0 bridgehead atoms. The van der Waals surface area contributed by atoms with E-state index in [1.54, 1.807) is 24.3 Å². The summed E-state index contributed by atoms with van der Waals surface area (Å²) in [7, 11) is 0. The molecule has 7 nitrogen and oxygen atoms in total. The van der Waals surface area contributed by atoms with Crippen molar-refractivity contribution in [3.05, 3.63) is 82.8 Å². The lowest BCUT2D eigenvalue weighted by molar-refractivity contribution is 0.0954. The first-order valence-electron chi connectivity index (χ1n) is 9.79. The molecule has 2 heterocycles. The summed E-state index contributed by atoms with van der Waals surface area (Å²) in [5.41, 5.74) is 8.20. The van der Waals surface area contributed by atoms with Crippen molar-refractivity contribution in [2.24, 2.45) is 0 Å². The van der Waals surface area contributed by atoms with Crippen molar-refractivity contribution in [1.29, 1.82) is 0 Å². The third-order valence-electron chi connectivity index (χ3n) is 5.33. The molecule has 1 unspecified atom stereocenters. The van der Waals surface area contributed by atoms with Gasteiger partial charge in [-0.25, -0.2) is 5.43 Å². The summed E-state index contributed by atoms with van der Waals surface area (Å²) in [6.07, 6.45) is 0. The van der Waals surface area contributed by atoms with E-state index in [4.69, 9.17) is 4.52 Å². The van der Waals surface area contributed by atoms with Crippen molar-refractivity contribution >= 4 is 5.91 Å². The monoisotopic (exact) mass is 404 g/mol. The van der Waals surface area contributed by atoms with Crippen LogP contribution in [0, 0.1) is 6.92 Å². The lowest BCUT2D eigenvalue weighted by atomic mass is 10.1. The molecule has 1 aliphatic rings. The Morgan fingerprint density at radius 3 is 2.70 bits per heavy atom. The number of para-hydroxylation sites is 1. The number of benzene rings is 2. The predicted molar refractivity (Wildman–Crippen MR) is 113 cm³/mol. The number of carbonyl (C=O) groups is 1. The first kappa shape index (κ1) is 19.7. The van der Waals surface area contributed by atoms with Gasteiger partial charge in [0.1, 0.15) is 5.75 Å². The van der Waals surface area contributed by atoms with Gasteiger partial charge in [-0.1, -0.05) is 41.6 Å². The van der Waals surface area contributed by atoms with Crippen LogP contribution in [0.3, 0.4) is 0 Å². The molecule has 0 spiro atoms. The highest BCUT2D eigenvalue weighted by Gasteiger charge is 2.28. The number of phenolic OH excluding ortho intramolecular Hbond substituents is 1. The van der Waals surface area contributed by atoms with E-state index in [0.29, 0.717) is 17.9 Å². The molecule has 7 heteroatoms. The Morgan fingerprint density at radius 2 is 1.93 bits per heavy atom. The van der Waals surface area contributed by atoms with E-state index in [0.717, 1.165) is 11.4 Å². The number of nitrogens with one attached hydrogen (secondary N) is 2. The smallest absolute Gasteiger partial charge is 0.277 e. The van der Waals surface area contributed by atoms with E-state index in [2.05, 4.69) is 35.0 Å². The van der Waals surface area contributed by atoms with E-state index in [1.807, 2.05) is 31.0 Å². The number of hydrogen-bond donors (Lipinski definition) is 3. The molecular formula is C23H24N4O3. The standard InChI is InChI=1S/C23H24N4O3/c1-14-8-4-5-9-17(14)13-27-16(3)22(15(2)25-27)24-23(29)19-12-21(30-26-19)18-10-6-7-11-20(18)28/h4-12,15,25,28H,13H2,1-3H3,(H,24,29). The number of aryl methyl sites for hydroxylation is 1. The summed E-state index contributed by atoms with van der Waals surface area (Å²) in [6, 6.07) is 16.5. The molecule has 3 aromatic rings. The Balaban J connectivity index is 1.50. The maximum atomic E-state index is 12.8. The zero-order valence-corrected chi connectivity index (χ0v) is 17.1. The Labute approximate surface area is 175 Å². The summed E-state index contributed by atoms with van der Waals surface area (Å²) in [4.78, 5) is 12.8. The van der Waals surface area contributed by atoms with Crippen LogP contribution in [-0.2, 0) is 6.54 Å². The molecule has 30 heavy (non-hydrogen) atoms. The zero-order valence-electron chi connectivity index (χ0n) is 17.1. The van der Waals surface area contributed by atoms with Crippen LogP contribution in [0.1, 0.15) is 35.5 Å². The van der Waals surface area contributed by atoms with Gasteiger partial charge in [0.25, 0.3) is 5.91 Å². The maximum absolute atomic E-state index is 12.8. The molecule has 1 aliphatic heterocycles. The SMILES string of the molecule is CC1=C(NC(=O)c2cc(-c3ccccc3O)on2)C(C)NN1Cc1ccccc1C. The Morgan fingerprint density at radius 1 is 1.20 bits per heavy atom. The van der Waals surface area contributed by atoms with Crippen LogP contribution in [0.25, 0.3) is 11.3 Å². The molecule has 1 atom stereocenters. The van der Waals surface area contributed by atoms with Gasteiger partial charge in [0.05, 0.1) is 23.8 Å². The lowest BCUT2D eigenvalue weighted by Gasteiger charge is -2.22. The van der Waals surface area contributed by atoms with Crippen LogP contribution in [0.4, 0.5) is 0 Å². The molecule has 2 aromatic carbocycles. The fourth-order valence-electron chi connectivity index (χ4n) is 3.55. The molecule has 0 aliphatic carbocycles. The fourth-order valence-corrected chi connectivity index (χ4v) is 3.55. The Bertz CT molecular complexity index is 1120. The number of amides is 1. The lowest BCUT2D eigenvalue weighted by Crippen LogP contribution is -2.37. The summed E-state index contributed by atoms with van der Waals surface area (Å²) >= 11 is 0. The minimum Gasteiger partial charge on any atom is -0.507 e. The van der Waals surface area contributed by atoms with Gasteiger partial charge in [0, 0.05) is 11.8 Å². The van der Waals surface area contributed by atoms with Crippen LogP contribution in [0.15, 0.2) is 70.5 Å². The average Bonchev–Trinajstić information content (AvgIpc) is 3.31. The molecular weight excluding hydrogens is 380 g/mol. The molecule has 1 aromatic heterocycles. The molecule has 0 fully saturated rings. The number of phenols is 1. The molecule has 1 amide bonds. The van der Waals surface area contributed by atoms with Gasteiger partial charge in [0.15, 0.2) is 11.5 Å². The quantitative estimate of drug-likeness (QED) is 0.600. The topological polar surface area (TPSA) is 90.6 Å². The number of rotatable bonds is 5. The molecule has 154 valence electrons. The molecule has 0 radical (unpaired) electrons. The largest absolute Gasteiger partial charge is 0.507 e. The molecule has 4 rings (SSSR count). The van der Waals surface area contributed by atoms with Gasteiger partial charge in [-0.2, -0.15) is 0 Å². The number of allylic oxidation sites excluding steroid dienone is 1. The van der Waals surface area contributed by atoms with E-state index >= 15 is 0 Å². The summed E-state index contributed by atoms with van der Waals surface area (Å²) < 4.78 is 5.27. The van der Waals surface area contributed by atoms with E-state index in [9.17, 15) is 9.90 Å². The van der Waals surface area contributed by atoms with E-state index in [1.165, 1.54) is 17.2 Å². The number of nitrogens with zero attached hydrogens (tertiary/aromatic N) is 2. The van der Waals surface area contributed by atoms with Gasteiger partial charge >= 0.3 is 0 Å². The third kappa shape index (κ3) is 3.79. The van der Waals surface area contributed by atoms with Crippen molar-refractivity contribution in [1.82, 2.24) is 20.9 Å². The molecule has 0 saturated heterocycles. The van der Waals surface area contributed by atoms with Crippen molar-refractivity contribution in [3.63, 3.8) is 0 Å². The van der Waals surface area contributed by atoms with Crippen molar-refractivity contribution in [2.45, 2.75) is 33.4 Å². The van der Waals surface area contributed by atoms with Gasteiger partial charge in [-0.15, -0.1) is 0 Å². The second-order valence-electron chi connectivity index (χ2n) is 7.41. The van der Waals surface area contributed by atoms with Crippen LogP contribution >= 0.6 is 0 Å². The molecule has 3 N–H and O–H groups in total. The summed E-state index contributed by atoms with van der Waals surface area (Å²) in [6.45, 7) is 6.75. The van der Waals surface area contributed by atoms with E-state index < -0.39 is 0 Å². The van der Waals surface area contributed by atoms with Crippen LogP contribution in [0.5, 0.6) is 5.75 Å². The van der Waals surface area contributed by atoms with Gasteiger partial charge in [-0.05, 0) is 44.0 Å². The Hall–Kier alpha value is -3.58. The van der Waals surface area contributed by atoms with Crippen LogP contribution in [-0.4, -0.2) is 27.2 Å². The predicted octanol–water partition coefficient (Wildman–Crippen LogP) is 3.73. The molecule has 0 saturated carbocycles. The normalized spacial score (nSPS) is 16.2. The van der Waals surface area contributed by atoms with E-state index in [-0.39, 0.29) is 23.4 Å². The number of aromatic nitrogens is 1. The van der Waals surface area contributed by atoms with Crippen LogP contribution in [0.2, 0.25) is 0 Å². The highest BCUT2D eigenvalue weighted by atomic mass is 16.5. The third-order valence-corrected chi connectivity index (χ3v) is 5.33. The first-order chi connectivity index (χ1) is 14.4. The Kier molecular flexibility index (Phi) is 5.29. The highest BCUT2D eigenvalue weighted by molar-refractivity contribution is 5.94. The summed E-state index contributed by atoms with van der Waals surface area (Å²) in [5.74, 6) is 0.0449. The minimum atomic E-state index is -0.360. The minimum absolute atomic E-state index is 0.0532. The zero-order chi connectivity index (χ0) is 21.3. The second-order valence-corrected chi connectivity index (χ2v) is 7.41. The highest BCUT2D eigenvalue weighted by Crippen LogP contribution is 2.29. The van der Waals surface area contributed by atoms with Crippen LogP contribution < -0.4 is 10.7 Å². The number of aromatic hydroxyl groups is 1. The van der Waals surface area contributed by atoms with Crippen molar-refractivity contribution in [2.75, 3.05) is 0 Å².